The van der Waals surface area contributed by atoms with Crippen LogP contribution in [-0.4, -0.2) is 50.9 Å². The average molecular weight is 509 g/mol. The van der Waals surface area contributed by atoms with Gasteiger partial charge in [0.1, 0.15) is 5.75 Å². The number of benzene rings is 2. The number of rotatable bonds is 9. The van der Waals surface area contributed by atoms with Gasteiger partial charge in [0.15, 0.2) is 0 Å². The first-order chi connectivity index (χ1) is 16.2. The van der Waals surface area contributed by atoms with Crippen LogP contribution in [0.25, 0.3) is 0 Å². The zero-order valence-corrected chi connectivity index (χ0v) is 20.8. The smallest absolute Gasteiger partial charge is 0.310 e. The van der Waals surface area contributed by atoms with Crippen LogP contribution in [0.5, 0.6) is 5.75 Å². The molecule has 1 atom stereocenters. The normalized spacial score (nSPS) is 16.6. The highest BCUT2D eigenvalue weighted by molar-refractivity contribution is 7.89. The van der Waals surface area contributed by atoms with Crippen LogP contribution in [0.15, 0.2) is 47.4 Å². The molecule has 1 amide bonds. The molecule has 0 radical (unpaired) electrons. The monoisotopic (exact) mass is 508 g/mol. The van der Waals surface area contributed by atoms with Crippen LogP contribution in [-0.2, 0) is 30.8 Å². The van der Waals surface area contributed by atoms with E-state index >= 15 is 0 Å². The molecule has 3 rings (SSSR count). The van der Waals surface area contributed by atoms with Crippen LogP contribution in [0.4, 0.5) is 5.69 Å². The second-order valence-corrected chi connectivity index (χ2v) is 10.2. The molecule has 0 saturated carbocycles. The largest absolute Gasteiger partial charge is 0.492 e. The van der Waals surface area contributed by atoms with Gasteiger partial charge in [-0.15, -0.1) is 0 Å². The highest BCUT2D eigenvalue weighted by Gasteiger charge is 2.33. The summed E-state index contributed by atoms with van der Waals surface area (Å²) in [6.07, 6.45) is 1.32. The molecule has 34 heavy (non-hydrogen) atoms. The Labute approximate surface area is 205 Å². The molecule has 1 aliphatic rings. The Bertz CT molecular complexity index is 1120. The molecule has 1 saturated heterocycles. The standard InChI is InChI=1S/C24H29ClN2O6S/c1-3-32-22-12-11-20(15-21(22)25)34(30,31)27-13-5-6-18(16-27)24(29)26-19-9-7-17(8-10-19)14-23(28)33-4-2/h7-12,15,18H,3-6,13-14,16H2,1-2H3,(H,26,29). The molecule has 8 nitrogen and oxygen atoms in total. The number of piperidine rings is 1. The van der Waals surface area contributed by atoms with Gasteiger partial charge in [0.05, 0.1) is 35.5 Å². The second kappa shape index (κ2) is 11.7. The van der Waals surface area contributed by atoms with Crippen LogP contribution in [0, 0.1) is 5.92 Å². The summed E-state index contributed by atoms with van der Waals surface area (Å²) in [5.74, 6) is -0.618. The summed E-state index contributed by atoms with van der Waals surface area (Å²) in [6.45, 7) is 4.73. The number of halogens is 1. The van der Waals surface area contributed by atoms with Gasteiger partial charge in [-0.3, -0.25) is 9.59 Å². The summed E-state index contributed by atoms with van der Waals surface area (Å²) in [6, 6.07) is 11.3. The van der Waals surface area contributed by atoms with Gasteiger partial charge in [-0.2, -0.15) is 4.31 Å². The first-order valence-corrected chi connectivity index (χ1v) is 13.0. The first kappa shape index (κ1) is 26.0. The molecule has 0 aromatic heterocycles. The van der Waals surface area contributed by atoms with Crippen molar-refractivity contribution in [3.8, 4) is 5.75 Å². The molecule has 184 valence electrons. The lowest BCUT2D eigenvalue weighted by Gasteiger charge is -2.31. The molecular weight excluding hydrogens is 480 g/mol. The van der Waals surface area contributed by atoms with Crippen molar-refractivity contribution in [1.82, 2.24) is 4.31 Å². The fourth-order valence-electron chi connectivity index (χ4n) is 3.77. The molecule has 10 heteroatoms. The Morgan fingerprint density at radius 2 is 1.85 bits per heavy atom. The van der Waals surface area contributed by atoms with Crippen molar-refractivity contribution < 1.29 is 27.5 Å². The number of hydrogen-bond acceptors (Lipinski definition) is 6. The maximum absolute atomic E-state index is 13.2. The molecular formula is C24H29ClN2O6S. The molecule has 1 unspecified atom stereocenters. The lowest BCUT2D eigenvalue weighted by molar-refractivity contribution is -0.142. The minimum atomic E-state index is -3.81. The predicted octanol–water partition coefficient (Wildman–Crippen LogP) is 3.88. The summed E-state index contributed by atoms with van der Waals surface area (Å²) in [5, 5.41) is 3.07. The van der Waals surface area contributed by atoms with Gasteiger partial charge in [-0.1, -0.05) is 23.7 Å². The van der Waals surface area contributed by atoms with Crippen molar-refractivity contribution >= 4 is 39.2 Å². The van der Waals surface area contributed by atoms with E-state index in [9.17, 15) is 18.0 Å². The lowest BCUT2D eigenvalue weighted by Crippen LogP contribution is -2.43. The number of carbonyl (C=O) groups excluding carboxylic acids is 2. The fourth-order valence-corrected chi connectivity index (χ4v) is 5.62. The van der Waals surface area contributed by atoms with Crippen molar-refractivity contribution in [1.29, 1.82) is 0 Å². The maximum atomic E-state index is 13.2. The number of nitrogens with one attached hydrogen (secondary N) is 1. The third-order valence-corrected chi connectivity index (χ3v) is 7.63. The van der Waals surface area contributed by atoms with Gasteiger partial charge in [-0.25, -0.2) is 8.42 Å². The predicted molar refractivity (Wildman–Crippen MR) is 130 cm³/mol. The van der Waals surface area contributed by atoms with Crippen LogP contribution in [0.3, 0.4) is 0 Å². The van der Waals surface area contributed by atoms with Crippen molar-refractivity contribution in [3.05, 3.63) is 53.1 Å². The number of ether oxygens (including phenoxy) is 2. The van der Waals surface area contributed by atoms with Gasteiger partial charge >= 0.3 is 5.97 Å². The van der Waals surface area contributed by atoms with E-state index < -0.39 is 15.9 Å². The van der Waals surface area contributed by atoms with E-state index in [1.807, 2.05) is 6.92 Å². The van der Waals surface area contributed by atoms with Crippen LogP contribution < -0.4 is 10.1 Å². The van der Waals surface area contributed by atoms with Gasteiger partial charge in [-0.05, 0) is 62.6 Å². The summed E-state index contributed by atoms with van der Waals surface area (Å²) in [7, 11) is -3.81. The molecule has 1 aliphatic heterocycles. The van der Waals surface area contributed by atoms with E-state index in [4.69, 9.17) is 21.1 Å². The Morgan fingerprint density at radius 1 is 1.12 bits per heavy atom. The summed E-state index contributed by atoms with van der Waals surface area (Å²) >= 11 is 6.18. The molecule has 0 bridgehead atoms. The third-order valence-electron chi connectivity index (χ3n) is 5.47. The number of carbonyl (C=O) groups is 2. The summed E-state index contributed by atoms with van der Waals surface area (Å²) < 4.78 is 38.0. The minimum absolute atomic E-state index is 0.0687. The molecule has 1 heterocycles. The summed E-state index contributed by atoms with van der Waals surface area (Å²) in [4.78, 5) is 24.5. The molecule has 2 aromatic carbocycles. The van der Waals surface area contributed by atoms with Crippen molar-refractivity contribution in [2.45, 2.75) is 38.0 Å². The molecule has 1 N–H and O–H groups in total. The Balaban J connectivity index is 1.64. The van der Waals surface area contributed by atoms with E-state index in [-0.39, 0.29) is 34.8 Å². The Morgan fingerprint density at radius 3 is 2.50 bits per heavy atom. The van der Waals surface area contributed by atoms with Crippen molar-refractivity contribution in [2.24, 2.45) is 5.92 Å². The quantitative estimate of drug-likeness (QED) is 0.516. The highest BCUT2D eigenvalue weighted by atomic mass is 35.5. The minimum Gasteiger partial charge on any atom is -0.492 e. The van der Waals surface area contributed by atoms with Crippen LogP contribution in [0.1, 0.15) is 32.3 Å². The number of anilines is 1. The van der Waals surface area contributed by atoms with Crippen LogP contribution in [0.2, 0.25) is 5.02 Å². The van der Waals surface area contributed by atoms with Gasteiger partial charge in [0.25, 0.3) is 0 Å². The van der Waals surface area contributed by atoms with Gasteiger partial charge in [0, 0.05) is 18.8 Å². The molecule has 2 aromatic rings. The summed E-state index contributed by atoms with van der Waals surface area (Å²) in [5.41, 5.74) is 1.36. The van der Waals surface area contributed by atoms with E-state index in [0.717, 1.165) is 5.56 Å². The Kier molecular flexibility index (Phi) is 8.93. The average Bonchev–Trinajstić information content (AvgIpc) is 2.82. The lowest BCUT2D eigenvalue weighted by atomic mass is 9.98. The van der Waals surface area contributed by atoms with Gasteiger partial charge in [0.2, 0.25) is 15.9 Å². The Hall–Kier alpha value is -2.62. The SMILES string of the molecule is CCOC(=O)Cc1ccc(NC(=O)C2CCCN(S(=O)(=O)c3ccc(OCC)c(Cl)c3)C2)cc1. The zero-order valence-electron chi connectivity index (χ0n) is 19.3. The van der Waals surface area contributed by atoms with Gasteiger partial charge < -0.3 is 14.8 Å². The number of hydrogen-bond donors (Lipinski definition) is 1. The number of esters is 1. The van der Waals surface area contributed by atoms with Crippen LogP contribution >= 0.6 is 11.6 Å². The number of sulfonamides is 1. The van der Waals surface area contributed by atoms with E-state index in [1.165, 1.54) is 16.4 Å². The molecule has 1 fully saturated rings. The van der Waals surface area contributed by atoms with Crippen molar-refractivity contribution in [2.75, 3.05) is 31.6 Å². The molecule has 0 spiro atoms. The maximum Gasteiger partial charge on any atom is 0.310 e. The van der Waals surface area contributed by atoms with E-state index in [1.54, 1.807) is 37.3 Å². The zero-order chi connectivity index (χ0) is 24.7. The van der Waals surface area contributed by atoms with Crippen molar-refractivity contribution in [3.63, 3.8) is 0 Å². The van der Waals surface area contributed by atoms with E-state index in [2.05, 4.69) is 5.32 Å². The highest BCUT2D eigenvalue weighted by Crippen LogP contribution is 2.30. The topological polar surface area (TPSA) is 102 Å². The number of amides is 1. The second-order valence-electron chi connectivity index (χ2n) is 7.90. The number of nitrogens with zero attached hydrogens (tertiary/aromatic N) is 1. The third kappa shape index (κ3) is 6.49. The molecule has 0 aliphatic carbocycles. The fraction of sp³-hybridized carbons (Fsp3) is 0.417. The first-order valence-electron chi connectivity index (χ1n) is 11.2. The van der Waals surface area contributed by atoms with E-state index in [0.29, 0.717) is 44.0 Å².